The molecule has 3 saturated heterocycles. The Morgan fingerprint density at radius 3 is 2.59 bits per heavy atom. The Balaban J connectivity index is 1.18. The second-order valence-corrected chi connectivity index (χ2v) is 9.20. The second-order valence-electron chi connectivity index (χ2n) is 9.20. The quantitative estimate of drug-likeness (QED) is 0.612. The minimum Gasteiger partial charge on any atom is -0.441 e. The first kappa shape index (κ1) is 21.4. The van der Waals surface area contributed by atoms with Gasteiger partial charge in [-0.1, -0.05) is 24.3 Å². The number of piperazine rings is 1. The van der Waals surface area contributed by atoms with Crippen molar-refractivity contribution in [2.24, 2.45) is 0 Å². The third kappa shape index (κ3) is 3.89. The molecule has 0 unspecified atom stereocenters. The Morgan fingerprint density at radius 1 is 1.12 bits per heavy atom. The fourth-order valence-corrected chi connectivity index (χ4v) is 4.82. The SMILES string of the molecule is O=C(OC1COC1)N1CCN(c2ccnc3[nH]c(-c4ccc([C@@]5(O)CCOC5)cc4)cc23)CC1. The minimum absolute atomic E-state index is 0.105. The van der Waals surface area contributed by atoms with Crippen LogP contribution in [0.5, 0.6) is 0 Å². The number of pyridine rings is 1. The predicted molar refractivity (Wildman–Crippen MR) is 126 cm³/mol. The molecule has 178 valence electrons. The van der Waals surface area contributed by atoms with Gasteiger partial charge in [-0.3, -0.25) is 0 Å². The Kier molecular flexibility index (Phi) is 5.40. The van der Waals surface area contributed by atoms with E-state index in [1.807, 2.05) is 36.5 Å². The molecule has 3 aliphatic rings. The number of nitrogens with zero attached hydrogens (tertiary/aromatic N) is 3. The van der Waals surface area contributed by atoms with Gasteiger partial charge in [0.15, 0.2) is 6.10 Å². The number of anilines is 1. The van der Waals surface area contributed by atoms with Gasteiger partial charge in [0.1, 0.15) is 11.2 Å². The van der Waals surface area contributed by atoms with E-state index in [0.29, 0.717) is 45.9 Å². The first-order valence-corrected chi connectivity index (χ1v) is 11.8. The molecule has 3 aromatic rings. The zero-order valence-corrected chi connectivity index (χ0v) is 18.9. The van der Waals surface area contributed by atoms with Gasteiger partial charge in [0.25, 0.3) is 0 Å². The van der Waals surface area contributed by atoms with Crippen LogP contribution in [0, 0.1) is 0 Å². The number of hydrogen-bond acceptors (Lipinski definition) is 7. The van der Waals surface area contributed by atoms with Crippen molar-refractivity contribution in [2.45, 2.75) is 18.1 Å². The van der Waals surface area contributed by atoms with Gasteiger partial charge in [-0.05, 0) is 23.3 Å². The predicted octanol–water partition coefficient (Wildman–Crippen LogP) is 2.50. The highest BCUT2D eigenvalue weighted by Crippen LogP contribution is 2.34. The molecule has 0 radical (unpaired) electrons. The standard InChI is InChI=1S/C25H28N4O5/c30-24(34-19-14-33-15-19)29-10-8-28(9-11-29)22-5-7-26-23-20(22)13-21(27-23)17-1-3-18(4-2-17)25(31)6-12-32-16-25/h1-5,7,13,19,31H,6,8-12,14-16H2,(H,26,27)/t25-/m1/s1. The summed E-state index contributed by atoms with van der Waals surface area (Å²) in [6.45, 7) is 4.59. The molecular weight excluding hydrogens is 436 g/mol. The van der Waals surface area contributed by atoms with Crippen LogP contribution in [-0.4, -0.2) is 84.8 Å². The fraction of sp³-hybridized carbons (Fsp3) is 0.440. The number of aromatic amines is 1. The average Bonchev–Trinajstić information content (AvgIpc) is 3.48. The number of aliphatic hydroxyl groups is 1. The van der Waals surface area contributed by atoms with E-state index in [0.717, 1.165) is 46.6 Å². The third-order valence-electron chi connectivity index (χ3n) is 7.00. The number of benzene rings is 1. The van der Waals surface area contributed by atoms with Crippen molar-refractivity contribution >= 4 is 22.8 Å². The van der Waals surface area contributed by atoms with Gasteiger partial charge < -0.3 is 34.1 Å². The highest BCUT2D eigenvalue weighted by Gasteiger charge is 2.34. The molecule has 1 amide bonds. The molecule has 6 rings (SSSR count). The maximum atomic E-state index is 12.3. The topological polar surface area (TPSA) is 100 Å². The van der Waals surface area contributed by atoms with Crippen LogP contribution in [0.4, 0.5) is 10.5 Å². The molecular formula is C25H28N4O5. The van der Waals surface area contributed by atoms with E-state index < -0.39 is 5.60 Å². The number of hydrogen-bond donors (Lipinski definition) is 2. The lowest BCUT2D eigenvalue weighted by atomic mass is 9.92. The number of ether oxygens (including phenoxy) is 3. The molecule has 1 atom stereocenters. The summed E-state index contributed by atoms with van der Waals surface area (Å²) in [5, 5.41) is 11.8. The summed E-state index contributed by atoms with van der Waals surface area (Å²) in [6, 6.07) is 12.1. The largest absolute Gasteiger partial charge is 0.441 e. The second kappa shape index (κ2) is 8.57. The summed E-state index contributed by atoms with van der Waals surface area (Å²) in [5.74, 6) is 0. The molecule has 2 aromatic heterocycles. The molecule has 0 bridgehead atoms. The molecule has 3 fully saturated rings. The van der Waals surface area contributed by atoms with Gasteiger partial charge in [0, 0.05) is 62.2 Å². The van der Waals surface area contributed by atoms with E-state index in [1.165, 1.54) is 0 Å². The van der Waals surface area contributed by atoms with E-state index in [1.54, 1.807) is 4.90 Å². The molecule has 1 aromatic carbocycles. The normalized spacial score (nSPS) is 23.3. The van der Waals surface area contributed by atoms with Gasteiger partial charge in [-0.25, -0.2) is 9.78 Å². The number of H-pyrrole nitrogens is 1. The maximum absolute atomic E-state index is 12.3. The van der Waals surface area contributed by atoms with E-state index in [9.17, 15) is 9.90 Å². The molecule has 0 aliphatic carbocycles. The lowest BCUT2D eigenvalue weighted by molar-refractivity contribution is -0.104. The van der Waals surface area contributed by atoms with E-state index in [4.69, 9.17) is 14.2 Å². The summed E-state index contributed by atoms with van der Waals surface area (Å²) in [4.78, 5) is 24.4. The van der Waals surface area contributed by atoms with Crippen LogP contribution in [0.15, 0.2) is 42.6 Å². The number of fused-ring (bicyclic) bond motifs is 1. The highest BCUT2D eigenvalue weighted by atomic mass is 16.6. The molecule has 34 heavy (non-hydrogen) atoms. The summed E-state index contributed by atoms with van der Waals surface area (Å²) >= 11 is 0. The van der Waals surface area contributed by atoms with Crippen LogP contribution in [0.3, 0.4) is 0 Å². The van der Waals surface area contributed by atoms with Crippen LogP contribution < -0.4 is 4.90 Å². The first-order chi connectivity index (χ1) is 16.6. The van der Waals surface area contributed by atoms with Crippen molar-refractivity contribution in [2.75, 3.05) is 57.5 Å². The average molecular weight is 465 g/mol. The van der Waals surface area contributed by atoms with Gasteiger partial charge in [0.2, 0.25) is 0 Å². The van der Waals surface area contributed by atoms with Crippen molar-refractivity contribution in [3.05, 3.63) is 48.2 Å². The zero-order valence-electron chi connectivity index (χ0n) is 18.9. The van der Waals surface area contributed by atoms with Crippen molar-refractivity contribution in [1.29, 1.82) is 0 Å². The number of carbonyl (C=O) groups excluding carboxylic acids is 1. The van der Waals surface area contributed by atoms with Gasteiger partial charge in [-0.15, -0.1) is 0 Å². The zero-order chi connectivity index (χ0) is 23.1. The fourth-order valence-electron chi connectivity index (χ4n) is 4.82. The molecule has 3 aliphatic heterocycles. The Bertz CT molecular complexity index is 1180. The summed E-state index contributed by atoms with van der Waals surface area (Å²) in [7, 11) is 0. The van der Waals surface area contributed by atoms with E-state index in [-0.39, 0.29) is 12.2 Å². The van der Waals surface area contributed by atoms with Gasteiger partial charge in [0.05, 0.1) is 19.8 Å². The van der Waals surface area contributed by atoms with Crippen LogP contribution in [0.2, 0.25) is 0 Å². The van der Waals surface area contributed by atoms with Crippen LogP contribution in [0.1, 0.15) is 12.0 Å². The number of nitrogens with one attached hydrogen (secondary N) is 1. The third-order valence-corrected chi connectivity index (χ3v) is 7.00. The lowest BCUT2D eigenvalue weighted by Gasteiger charge is -2.37. The van der Waals surface area contributed by atoms with Crippen molar-refractivity contribution in [3.8, 4) is 11.3 Å². The summed E-state index contributed by atoms with van der Waals surface area (Å²) < 4.78 is 15.9. The molecule has 9 heteroatoms. The smallest absolute Gasteiger partial charge is 0.410 e. The molecule has 5 heterocycles. The highest BCUT2D eigenvalue weighted by molar-refractivity contribution is 5.94. The molecule has 0 saturated carbocycles. The Morgan fingerprint density at radius 2 is 1.91 bits per heavy atom. The lowest BCUT2D eigenvalue weighted by Crippen LogP contribution is -2.51. The van der Waals surface area contributed by atoms with Crippen molar-refractivity contribution in [3.63, 3.8) is 0 Å². The summed E-state index contributed by atoms with van der Waals surface area (Å²) in [5.41, 5.74) is 3.91. The summed E-state index contributed by atoms with van der Waals surface area (Å²) in [6.07, 6.45) is 2.07. The number of rotatable bonds is 4. The Hall–Kier alpha value is -3.14. The van der Waals surface area contributed by atoms with Crippen LogP contribution in [0.25, 0.3) is 22.3 Å². The van der Waals surface area contributed by atoms with E-state index >= 15 is 0 Å². The number of aromatic nitrogens is 2. The van der Waals surface area contributed by atoms with E-state index in [2.05, 4.69) is 20.9 Å². The maximum Gasteiger partial charge on any atom is 0.410 e. The van der Waals surface area contributed by atoms with Crippen LogP contribution >= 0.6 is 0 Å². The molecule has 9 nitrogen and oxygen atoms in total. The first-order valence-electron chi connectivity index (χ1n) is 11.8. The monoisotopic (exact) mass is 464 g/mol. The van der Waals surface area contributed by atoms with Gasteiger partial charge in [-0.2, -0.15) is 0 Å². The van der Waals surface area contributed by atoms with Gasteiger partial charge >= 0.3 is 6.09 Å². The molecule has 0 spiro atoms. The number of amides is 1. The van der Waals surface area contributed by atoms with Crippen molar-refractivity contribution < 1.29 is 24.1 Å². The molecule has 2 N–H and O–H groups in total. The van der Waals surface area contributed by atoms with Crippen molar-refractivity contribution in [1.82, 2.24) is 14.9 Å². The Labute approximate surface area is 197 Å². The minimum atomic E-state index is -0.895. The van der Waals surface area contributed by atoms with Crippen LogP contribution in [-0.2, 0) is 19.8 Å². The number of carbonyl (C=O) groups is 1.